The molecule has 0 aromatic heterocycles. The van der Waals surface area contributed by atoms with Crippen molar-refractivity contribution in [1.29, 1.82) is 0 Å². The molecule has 0 bridgehead atoms. The van der Waals surface area contributed by atoms with E-state index in [0.717, 1.165) is 23.5 Å². The van der Waals surface area contributed by atoms with E-state index in [4.69, 9.17) is 16.7 Å². The summed E-state index contributed by atoms with van der Waals surface area (Å²) in [6.45, 7) is 0.895. The number of carboxylic acids is 1. The van der Waals surface area contributed by atoms with Crippen molar-refractivity contribution in [1.82, 2.24) is 0 Å². The van der Waals surface area contributed by atoms with E-state index in [1.165, 1.54) is 5.56 Å². The minimum atomic E-state index is -0.892. The molecule has 1 aliphatic rings. The summed E-state index contributed by atoms with van der Waals surface area (Å²) in [6.07, 6.45) is 0.908. The number of hydrogen-bond acceptors (Lipinski definition) is 3. The topological polar surface area (TPSA) is 40.5 Å². The van der Waals surface area contributed by atoms with Crippen LogP contribution in [0.4, 0.5) is 5.69 Å². The molecule has 1 heterocycles. The highest BCUT2D eigenvalue weighted by atomic mass is 35.5. The van der Waals surface area contributed by atoms with E-state index < -0.39 is 5.97 Å². The fourth-order valence-electron chi connectivity index (χ4n) is 2.15. The zero-order valence-electron chi connectivity index (χ0n) is 10.5. The van der Waals surface area contributed by atoms with Crippen molar-refractivity contribution in [3.63, 3.8) is 0 Å². The number of aromatic carboxylic acids is 1. The van der Waals surface area contributed by atoms with Crippen LogP contribution in [-0.4, -0.2) is 17.6 Å². The van der Waals surface area contributed by atoms with Crippen LogP contribution in [0.5, 0.6) is 0 Å². The lowest BCUT2D eigenvalue weighted by atomic mass is 10.1. The first-order valence-corrected chi connectivity index (χ1v) is 7.36. The van der Waals surface area contributed by atoms with Crippen molar-refractivity contribution in [3.8, 4) is 0 Å². The van der Waals surface area contributed by atoms with Crippen LogP contribution in [0.25, 0.3) is 0 Å². The van der Waals surface area contributed by atoms with Crippen molar-refractivity contribution in [2.24, 2.45) is 0 Å². The lowest BCUT2D eigenvalue weighted by Crippen LogP contribution is -2.22. The third-order valence-corrected chi connectivity index (χ3v) is 4.66. The van der Waals surface area contributed by atoms with Gasteiger partial charge in [0.15, 0.2) is 0 Å². The first-order chi connectivity index (χ1) is 9.63. The van der Waals surface area contributed by atoms with Gasteiger partial charge in [-0.25, -0.2) is 4.79 Å². The Balaban J connectivity index is 1.88. The molecule has 3 rings (SSSR count). The number of fused-ring (bicyclic) bond motifs is 1. The van der Waals surface area contributed by atoms with E-state index in [1.54, 1.807) is 24.1 Å². The highest BCUT2D eigenvalue weighted by molar-refractivity contribution is 8.00. The third-order valence-electron chi connectivity index (χ3n) is 3.22. The van der Waals surface area contributed by atoms with Crippen molar-refractivity contribution < 1.29 is 9.90 Å². The van der Waals surface area contributed by atoms with Crippen molar-refractivity contribution >= 4 is 35.2 Å². The second kappa shape index (κ2) is 5.38. The van der Waals surface area contributed by atoms with Crippen molar-refractivity contribution in [3.05, 3.63) is 58.6 Å². The quantitative estimate of drug-likeness (QED) is 0.848. The molecule has 0 unspecified atom stereocenters. The normalized spacial score (nSPS) is 13.9. The van der Waals surface area contributed by atoms with Crippen LogP contribution in [0, 0.1) is 0 Å². The number of carbonyl (C=O) groups is 1. The van der Waals surface area contributed by atoms with Crippen LogP contribution in [0.15, 0.2) is 47.4 Å². The summed E-state index contributed by atoms with van der Waals surface area (Å²) in [4.78, 5) is 12.0. The molecule has 0 aliphatic carbocycles. The Labute approximate surface area is 126 Å². The molecular weight excluding hydrogens is 294 g/mol. The molecule has 2 aromatic carbocycles. The monoisotopic (exact) mass is 305 g/mol. The minimum absolute atomic E-state index is 0.328. The summed E-state index contributed by atoms with van der Waals surface area (Å²) >= 11 is 7.47. The predicted octanol–water partition coefficient (Wildman–Crippen LogP) is 4.11. The van der Waals surface area contributed by atoms with Gasteiger partial charge in [0, 0.05) is 22.2 Å². The van der Waals surface area contributed by atoms with E-state index in [9.17, 15) is 4.79 Å². The van der Waals surface area contributed by atoms with Gasteiger partial charge in [0.05, 0.1) is 5.56 Å². The van der Waals surface area contributed by atoms with Crippen molar-refractivity contribution in [2.75, 3.05) is 10.8 Å². The molecule has 3 nitrogen and oxygen atoms in total. The Bertz CT molecular complexity index is 657. The number of benzene rings is 2. The van der Waals surface area contributed by atoms with Gasteiger partial charge in [-0.2, -0.15) is 0 Å². The van der Waals surface area contributed by atoms with Gasteiger partial charge in [-0.15, -0.1) is 0 Å². The maximum Gasteiger partial charge on any atom is 0.335 e. The van der Waals surface area contributed by atoms with Crippen molar-refractivity contribution in [2.45, 2.75) is 11.3 Å². The van der Waals surface area contributed by atoms with E-state index in [-0.39, 0.29) is 0 Å². The summed E-state index contributed by atoms with van der Waals surface area (Å²) in [5, 5.41) is 9.77. The largest absolute Gasteiger partial charge is 0.478 e. The fourth-order valence-corrected chi connectivity index (χ4v) is 3.39. The third kappa shape index (κ3) is 2.62. The van der Waals surface area contributed by atoms with Gasteiger partial charge in [0.25, 0.3) is 0 Å². The molecule has 2 aromatic rings. The molecule has 0 radical (unpaired) electrons. The number of anilines is 1. The zero-order chi connectivity index (χ0) is 14.1. The predicted molar refractivity (Wildman–Crippen MR) is 81.8 cm³/mol. The molecule has 0 atom stereocenters. The molecule has 5 heteroatoms. The van der Waals surface area contributed by atoms with E-state index in [0.29, 0.717) is 10.6 Å². The zero-order valence-corrected chi connectivity index (χ0v) is 12.1. The van der Waals surface area contributed by atoms with Gasteiger partial charge < -0.3 is 9.41 Å². The second-order valence-corrected chi connectivity index (χ2v) is 6.05. The first-order valence-electron chi connectivity index (χ1n) is 6.21. The Morgan fingerprint density at radius 2 is 1.95 bits per heavy atom. The van der Waals surface area contributed by atoms with Crippen LogP contribution >= 0.6 is 23.5 Å². The molecule has 1 N–H and O–H groups in total. The highest BCUT2D eigenvalue weighted by Crippen LogP contribution is 2.36. The maximum atomic E-state index is 11.0. The summed E-state index contributed by atoms with van der Waals surface area (Å²) in [7, 11) is 0. The van der Waals surface area contributed by atoms with Crippen LogP contribution in [0.2, 0.25) is 5.02 Å². The van der Waals surface area contributed by atoms with E-state index >= 15 is 0 Å². The second-order valence-electron chi connectivity index (χ2n) is 4.55. The van der Waals surface area contributed by atoms with Gasteiger partial charge in [-0.3, -0.25) is 0 Å². The highest BCUT2D eigenvalue weighted by Gasteiger charge is 2.19. The Hall–Kier alpha value is -1.65. The number of hydrogen-bond donors (Lipinski definition) is 1. The summed E-state index contributed by atoms with van der Waals surface area (Å²) in [6, 6.07) is 13.0. The van der Waals surface area contributed by atoms with Crippen LogP contribution in [0.3, 0.4) is 0 Å². The summed E-state index contributed by atoms with van der Waals surface area (Å²) in [5.74, 6) is -0.892. The molecular formula is C15H12ClNO2S. The minimum Gasteiger partial charge on any atom is -0.478 e. The smallest absolute Gasteiger partial charge is 0.335 e. The van der Waals surface area contributed by atoms with E-state index in [1.807, 2.05) is 30.3 Å². The molecule has 102 valence electrons. The average Bonchev–Trinajstić information content (AvgIpc) is 2.47. The van der Waals surface area contributed by atoms with Gasteiger partial charge in [0.1, 0.15) is 0 Å². The van der Waals surface area contributed by atoms with Gasteiger partial charge in [0.2, 0.25) is 0 Å². The maximum absolute atomic E-state index is 11.0. The number of halogens is 1. The number of rotatable bonds is 2. The lowest BCUT2D eigenvalue weighted by molar-refractivity contribution is 0.0696. The lowest BCUT2D eigenvalue weighted by Gasteiger charge is -2.29. The standard InChI is InChI=1S/C15H12ClNO2S/c16-12-3-5-13(6-4-12)17-8-7-10-1-2-11(15(18)19)9-14(10)20-17/h1-6,9H,7-8H2,(H,18,19). The molecule has 0 saturated carbocycles. The molecule has 1 aliphatic heterocycles. The van der Waals surface area contributed by atoms with Crippen LogP contribution in [-0.2, 0) is 6.42 Å². The van der Waals surface area contributed by atoms with Gasteiger partial charge in [-0.05, 0) is 60.3 Å². The first kappa shape index (κ1) is 13.3. The summed E-state index contributed by atoms with van der Waals surface area (Å²) in [5.41, 5.74) is 2.60. The van der Waals surface area contributed by atoms with Crippen LogP contribution < -0.4 is 4.31 Å². The number of carboxylic acid groups (broad SMARTS) is 1. The molecule has 20 heavy (non-hydrogen) atoms. The SMILES string of the molecule is O=C(O)c1ccc2c(c1)SN(c1ccc(Cl)cc1)CC2. The molecule has 0 fully saturated rings. The Kier molecular flexibility index (Phi) is 3.59. The Morgan fingerprint density at radius 3 is 2.65 bits per heavy atom. The molecule has 0 amide bonds. The molecule has 0 spiro atoms. The molecule has 0 saturated heterocycles. The average molecular weight is 306 g/mol. The number of nitrogens with zero attached hydrogens (tertiary/aromatic N) is 1. The van der Waals surface area contributed by atoms with Gasteiger partial charge in [-0.1, -0.05) is 17.7 Å². The Morgan fingerprint density at radius 1 is 1.20 bits per heavy atom. The van der Waals surface area contributed by atoms with Crippen LogP contribution in [0.1, 0.15) is 15.9 Å². The van der Waals surface area contributed by atoms with Gasteiger partial charge >= 0.3 is 5.97 Å². The summed E-state index contributed by atoms with van der Waals surface area (Å²) < 4.78 is 2.16. The fraction of sp³-hybridized carbons (Fsp3) is 0.133. The van der Waals surface area contributed by atoms with E-state index in [2.05, 4.69) is 4.31 Å².